The number of ether oxygens (including phenoxy) is 2. The lowest BCUT2D eigenvalue weighted by Gasteiger charge is -2.14. The van der Waals surface area contributed by atoms with Crippen LogP contribution in [0.2, 0.25) is 0 Å². The van der Waals surface area contributed by atoms with Gasteiger partial charge in [-0.25, -0.2) is 0 Å². The highest BCUT2D eigenvalue weighted by molar-refractivity contribution is 4.60. The molecule has 122 valence electrons. The van der Waals surface area contributed by atoms with Gasteiger partial charge in [-0.3, -0.25) is 0 Å². The zero-order chi connectivity index (χ0) is 14.9. The monoisotopic (exact) mass is 287 g/mol. The molecule has 1 atom stereocenters. The smallest absolute Gasteiger partial charge is 0.0928 e. The third-order valence-corrected chi connectivity index (χ3v) is 3.77. The summed E-state index contributed by atoms with van der Waals surface area (Å²) in [4.78, 5) is 0. The first kappa shape index (κ1) is 19.9. The highest BCUT2D eigenvalue weighted by Gasteiger charge is 2.04. The Morgan fingerprint density at radius 3 is 1.85 bits per heavy atom. The van der Waals surface area contributed by atoms with Crippen LogP contribution in [0.25, 0.3) is 0 Å². The first-order valence-corrected chi connectivity index (χ1v) is 8.57. The van der Waals surface area contributed by atoms with Gasteiger partial charge < -0.3 is 14.8 Å². The summed E-state index contributed by atoms with van der Waals surface area (Å²) in [6, 6.07) is 0. The Hall–Kier alpha value is -0.120. The van der Waals surface area contributed by atoms with Gasteiger partial charge in [0.1, 0.15) is 0 Å². The fourth-order valence-electron chi connectivity index (χ4n) is 2.40. The fourth-order valence-corrected chi connectivity index (χ4v) is 2.40. The Labute approximate surface area is 126 Å². The van der Waals surface area contributed by atoms with Crippen LogP contribution in [0, 0.1) is 0 Å². The zero-order valence-electron chi connectivity index (χ0n) is 14.1. The molecule has 0 aliphatic rings. The van der Waals surface area contributed by atoms with Crippen molar-refractivity contribution in [2.75, 3.05) is 33.9 Å². The Balaban J connectivity index is 3.09. The average Bonchev–Trinajstić information content (AvgIpc) is 2.47. The van der Waals surface area contributed by atoms with Crippen molar-refractivity contribution in [1.29, 1.82) is 0 Å². The van der Waals surface area contributed by atoms with E-state index in [-0.39, 0.29) is 6.10 Å². The molecule has 0 aliphatic carbocycles. The summed E-state index contributed by atoms with van der Waals surface area (Å²) in [5, 5.41) is 3.44. The normalized spacial score (nSPS) is 12.8. The van der Waals surface area contributed by atoms with E-state index in [1.54, 1.807) is 14.2 Å². The predicted molar refractivity (Wildman–Crippen MR) is 87.4 cm³/mol. The standard InChI is InChI=1S/C17H37NO2/c1-4-5-6-7-8-9-10-11-12-13-14-18-15-17(20-3)16-19-2/h17-18H,4-16H2,1-3H3. The van der Waals surface area contributed by atoms with Gasteiger partial charge in [-0.1, -0.05) is 64.7 Å². The minimum absolute atomic E-state index is 0.183. The van der Waals surface area contributed by atoms with E-state index in [1.807, 2.05) is 0 Å². The van der Waals surface area contributed by atoms with Crippen LogP contribution < -0.4 is 5.32 Å². The lowest BCUT2D eigenvalue weighted by Crippen LogP contribution is -2.32. The van der Waals surface area contributed by atoms with Crippen molar-refractivity contribution >= 4 is 0 Å². The van der Waals surface area contributed by atoms with Crippen molar-refractivity contribution in [3.05, 3.63) is 0 Å². The van der Waals surface area contributed by atoms with Gasteiger partial charge in [0.05, 0.1) is 12.7 Å². The molecule has 20 heavy (non-hydrogen) atoms. The Morgan fingerprint density at radius 2 is 1.35 bits per heavy atom. The van der Waals surface area contributed by atoms with Crippen molar-refractivity contribution in [2.24, 2.45) is 0 Å². The largest absolute Gasteiger partial charge is 0.382 e. The number of hydrogen-bond donors (Lipinski definition) is 1. The van der Waals surface area contributed by atoms with Crippen LogP contribution in [0.3, 0.4) is 0 Å². The van der Waals surface area contributed by atoms with E-state index < -0.39 is 0 Å². The van der Waals surface area contributed by atoms with E-state index >= 15 is 0 Å². The number of unbranched alkanes of at least 4 members (excludes halogenated alkanes) is 9. The van der Waals surface area contributed by atoms with Gasteiger partial charge in [0, 0.05) is 20.8 Å². The molecule has 0 saturated carbocycles. The molecular weight excluding hydrogens is 250 g/mol. The van der Waals surface area contributed by atoms with Gasteiger partial charge in [-0.05, 0) is 13.0 Å². The highest BCUT2D eigenvalue weighted by atomic mass is 16.5. The summed E-state index contributed by atoms with van der Waals surface area (Å²) < 4.78 is 10.4. The lowest BCUT2D eigenvalue weighted by molar-refractivity contribution is 0.0290. The summed E-state index contributed by atoms with van der Waals surface area (Å²) >= 11 is 0. The van der Waals surface area contributed by atoms with E-state index in [0.29, 0.717) is 6.61 Å². The molecule has 0 aliphatic heterocycles. The first-order valence-electron chi connectivity index (χ1n) is 8.57. The number of rotatable bonds is 16. The van der Waals surface area contributed by atoms with Crippen molar-refractivity contribution in [3.8, 4) is 0 Å². The number of methoxy groups -OCH3 is 2. The van der Waals surface area contributed by atoms with Gasteiger partial charge in [-0.2, -0.15) is 0 Å². The SMILES string of the molecule is CCCCCCCCCCCCNCC(COC)OC. The van der Waals surface area contributed by atoms with Crippen molar-refractivity contribution in [1.82, 2.24) is 5.32 Å². The maximum Gasteiger partial charge on any atom is 0.0928 e. The van der Waals surface area contributed by atoms with Gasteiger partial charge in [-0.15, -0.1) is 0 Å². The van der Waals surface area contributed by atoms with E-state index in [9.17, 15) is 0 Å². The van der Waals surface area contributed by atoms with Gasteiger partial charge in [0.2, 0.25) is 0 Å². The summed E-state index contributed by atoms with van der Waals surface area (Å²) in [5.41, 5.74) is 0. The Bertz CT molecular complexity index is 176. The zero-order valence-corrected chi connectivity index (χ0v) is 14.1. The Kier molecular flexibility index (Phi) is 16.8. The molecule has 0 aromatic rings. The highest BCUT2D eigenvalue weighted by Crippen LogP contribution is 2.10. The maximum atomic E-state index is 5.30. The second kappa shape index (κ2) is 16.9. The molecule has 0 heterocycles. The summed E-state index contributed by atoms with van der Waals surface area (Å²) in [5.74, 6) is 0. The first-order chi connectivity index (χ1) is 9.85. The molecule has 3 heteroatoms. The third kappa shape index (κ3) is 14.3. The summed E-state index contributed by atoms with van der Waals surface area (Å²) in [6.07, 6.45) is 14.1. The predicted octanol–water partition coefficient (Wildman–Crippen LogP) is 4.16. The molecule has 1 N–H and O–H groups in total. The minimum atomic E-state index is 0.183. The molecule has 1 unspecified atom stereocenters. The maximum absolute atomic E-state index is 5.30. The van der Waals surface area contributed by atoms with Crippen LogP contribution in [-0.4, -0.2) is 40.0 Å². The third-order valence-electron chi connectivity index (χ3n) is 3.77. The Morgan fingerprint density at radius 1 is 0.800 bits per heavy atom. The molecule has 3 nitrogen and oxygen atoms in total. The molecule has 0 radical (unpaired) electrons. The molecule has 0 saturated heterocycles. The van der Waals surface area contributed by atoms with E-state index in [1.165, 1.54) is 64.2 Å². The molecule has 0 bridgehead atoms. The van der Waals surface area contributed by atoms with Crippen LogP contribution in [0.5, 0.6) is 0 Å². The molecule has 0 spiro atoms. The van der Waals surface area contributed by atoms with Crippen molar-refractivity contribution in [3.63, 3.8) is 0 Å². The van der Waals surface area contributed by atoms with Crippen LogP contribution >= 0.6 is 0 Å². The molecular formula is C17H37NO2. The van der Waals surface area contributed by atoms with Crippen LogP contribution in [0.4, 0.5) is 0 Å². The topological polar surface area (TPSA) is 30.5 Å². The molecule has 0 amide bonds. The van der Waals surface area contributed by atoms with Gasteiger partial charge in [0.15, 0.2) is 0 Å². The van der Waals surface area contributed by atoms with Gasteiger partial charge >= 0.3 is 0 Å². The minimum Gasteiger partial charge on any atom is -0.382 e. The summed E-state index contributed by atoms with van der Waals surface area (Å²) in [6.45, 7) is 4.93. The summed E-state index contributed by atoms with van der Waals surface area (Å²) in [7, 11) is 3.46. The molecule has 0 fully saturated rings. The average molecular weight is 287 g/mol. The van der Waals surface area contributed by atoms with E-state index in [0.717, 1.165) is 13.1 Å². The molecule has 0 aromatic carbocycles. The second-order valence-electron chi connectivity index (χ2n) is 5.70. The fraction of sp³-hybridized carbons (Fsp3) is 1.00. The number of hydrogen-bond acceptors (Lipinski definition) is 3. The molecule has 0 rings (SSSR count). The quantitative estimate of drug-likeness (QED) is 0.432. The van der Waals surface area contributed by atoms with Crippen LogP contribution in [-0.2, 0) is 9.47 Å². The van der Waals surface area contributed by atoms with Crippen molar-refractivity contribution < 1.29 is 9.47 Å². The van der Waals surface area contributed by atoms with Crippen molar-refractivity contribution in [2.45, 2.75) is 77.2 Å². The van der Waals surface area contributed by atoms with Gasteiger partial charge in [0.25, 0.3) is 0 Å². The number of nitrogens with one attached hydrogen (secondary N) is 1. The molecule has 0 aromatic heterocycles. The van der Waals surface area contributed by atoms with Crippen LogP contribution in [0.15, 0.2) is 0 Å². The van der Waals surface area contributed by atoms with Crippen LogP contribution in [0.1, 0.15) is 71.1 Å². The second-order valence-corrected chi connectivity index (χ2v) is 5.70. The lowest BCUT2D eigenvalue weighted by atomic mass is 10.1. The van der Waals surface area contributed by atoms with E-state index in [2.05, 4.69) is 12.2 Å². The van der Waals surface area contributed by atoms with E-state index in [4.69, 9.17) is 9.47 Å².